The Balaban J connectivity index is 1.70. The number of carbonyl (C=O) groups is 1. The van der Waals surface area contributed by atoms with Crippen LogP contribution in [0.2, 0.25) is 0 Å². The molecule has 0 aliphatic rings. The number of aromatic nitrogens is 2. The van der Waals surface area contributed by atoms with Gasteiger partial charge in [-0.3, -0.25) is 4.79 Å². The second-order valence-electron chi connectivity index (χ2n) is 4.82. The molecule has 3 aromatic rings. The zero-order valence-corrected chi connectivity index (χ0v) is 12.3. The molecule has 3 rings (SSSR count). The van der Waals surface area contributed by atoms with E-state index in [0.29, 0.717) is 19.6 Å². The van der Waals surface area contributed by atoms with Gasteiger partial charge in [-0.25, -0.2) is 0 Å². The van der Waals surface area contributed by atoms with Gasteiger partial charge in [0.1, 0.15) is 12.0 Å². The number of hydrogen-bond acceptors (Lipinski definition) is 4. The molecule has 0 fully saturated rings. The average Bonchev–Trinajstić information content (AvgIpc) is 3.17. The fourth-order valence-electron chi connectivity index (χ4n) is 2.42. The first kappa shape index (κ1) is 14.2. The lowest BCUT2D eigenvalue weighted by Crippen LogP contribution is -2.25. The van der Waals surface area contributed by atoms with Crippen LogP contribution >= 0.6 is 0 Å². The first-order chi connectivity index (χ1) is 10.8. The minimum absolute atomic E-state index is 0.237. The van der Waals surface area contributed by atoms with Crippen molar-refractivity contribution in [2.75, 3.05) is 13.2 Å². The molecule has 0 unspecified atom stereocenters. The Morgan fingerprint density at radius 2 is 2.32 bits per heavy atom. The number of fused-ring (bicyclic) bond motifs is 1. The topological polar surface area (TPSA) is 80.1 Å². The number of nitrogens with one attached hydrogen (secondary N) is 2. The van der Waals surface area contributed by atoms with Crippen LogP contribution in [-0.4, -0.2) is 29.2 Å². The van der Waals surface area contributed by atoms with Gasteiger partial charge in [0.2, 0.25) is 0 Å². The van der Waals surface area contributed by atoms with Gasteiger partial charge < -0.3 is 19.6 Å². The van der Waals surface area contributed by atoms with Gasteiger partial charge in [-0.2, -0.15) is 0 Å². The highest BCUT2D eigenvalue weighted by molar-refractivity contribution is 5.92. The maximum atomic E-state index is 11.8. The zero-order chi connectivity index (χ0) is 15.4. The summed E-state index contributed by atoms with van der Waals surface area (Å²) in [6.07, 6.45) is 4.03. The lowest BCUT2D eigenvalue weighted by molar-refractivity contribution is 0.0945. The van der Waals surface area contributed by atoms with Gasteiger partial charge in [-0.05, 0) is 31.0 Å². The number of nitrogens with zero attached hydrogens (tertiary/aromatic N) is 1. The summed E-state index contributed by atoms with van der Waals surface area (Å²) >= 11 is 0. The number of aromatic amines is 1. The van der Waals surface area contributed by atoms with Crippen LogP contribution in [-0.2, 0) is 6.42 Å². The van der Waals surface area contributed by atoms with E-state index < -0.39 is 0 Å². The molecule has 0 bridgehead atoms. The summed E-state index contributed by atoms with van der Waals surface area (Å²) in [4.78, 5) is 15.0. The summed E-state index contributed by atoms with van der Waals surface area (Å²) in [7, 11) is 0. The fraction of sp³-hybridized carbons (Fsp3) is 0.250. The van der Waals surface area contributed by atoms with E-state index in [4.69, 9.17) is 4.74 Å². The molecule has 0 atom stereocenters. The van der Waals surface area contributed by atoms with E-state index in [1.54, 1.807) is 0 Å². The highest BCUT2D eigenvalue weighted by Crippen LogP contribution is 2.28. The largest absolute Gasteiger partial charge is 0.493 e. The molecule has 0 radical (unpaired) electrons. The molecule has 2 aromatic heterocycles. The highest BCUT2D eigenvalue weighted by atomic mass is 16.5. The van der Waals surface area contributed by atoms with Crippen molar-refractivity contribution < 1.29 is 14.1 Å². The minimum Gasteiger partial charge on any atom is -0.493 e. The lowest BCUT2D eigenvalue weighted by atomic mass is 10.1. The van der Waals surface area contributed by atoms with Crippen molar-refractivity contribution >= 4 is 16.8 Å². The van der Waals surface area contributed by atoms with E-state index in [1.807, 2.05) is 31.3 Å². The van der Waals surface area contributed by atoms with Crippen LogP contribution in [0.4, 0.5) is 0 Å². The molecule has 22 heavy (non-hydrogen) atoms. The van der Waals surface area contributed by atoms with Crippen molar-refractivity contribution in [3.63, 3.8) is 0 Å². The standard InChI is InChI=1S/C16H17N3O3/c1-2-21-14-5-3-4-12-15(14)11(10-18-12)6-8-17-16(20)13-7-9-22-19-13/h3-5,7,9-10,18H,2,6,8H2,1H3,(H,17,20). The third-order valence-corrected chi connectivity index (χ3v) is 3.40. The number of H-pyrrole nitrogens is 1. The summed E-state index contributed by atoms with van der Waals surface area (Å²) in [5.41, 5.74) is 2.43. The van der Waals surface area contributed by atoms with Gasteiger partial charge in [-0.1, -0.05) is 11.2 Å². The Morgan fingerprint density at radius 1 is 1.41 bits per heavy atom. The monoisotopic (exact) mass is 299 g/mol. The summed E-state index contributed by atoms with van der Waals surface area (Å²) in [6, 6.07) is 7.46. The number of hydrogen-bond donors (Lipinski definition) is 2. The number of ether oxygens (including phenoxy) is 1. The van der Waals surface area contributed by atoms with Crippen LogP contribution in [0.25, 0.3) is 10.9 Å². The maximum absolute atomic E-state index is 11.8. The van der Waals surface area contributed by atoms with Crippen molar-refractivity contribution in [3.05, 3.63) is 48.0 Å². The number of carbonyl (C=O) groups excluding carboxylic acids is 1. The van der Waals surface area contributed by atoms with Crippen LogP contribution in [0.3, 0.4) is 0 Å². The van der Waals surface area contributed by atoms with Gasteiger partial charge in [0.05, 0.1) is 6.61 Å². The summed E-state index contributed by atoms with van der Waals surface area (Å²) in [6.45, 7) is 3.09. The molecule has 2 heterocycles. The second kappa shape index (κ2) is 6.34. The molecular weight excluding hydrogens is 282 g/mol. The Hall–Kier alpha value is -2.76. The third-order valence-electron chi connectivity index (χ3n) is 3.40. The third kappa shape index (κ3) is 2.81. The summed E-state index contributed by atoms with van der Waals surface area (Å²) in [5, 5.41) is 7.50. The highest BCUT2D eigenvalue weighted by Gasteiger charge is 2.11. The summed E-state index contributed by atoms with van der Waals surface area (Å²) in [5.74, 6) is 0.623. The lowest BCUT2D eigenvalue weighted by Gasteiger charge is -2.07. The normalized spacial score (nSPS) is 10.8. The molecule has 1 amide bonds. The molecule has 0 saturated carbocycles. The minimum atomic E-state index is -0.237. The second-order valence-corrected chi connectivity index (χ2v) is 4.82. The molecule has 0 spiro atoms. The first-order valence-corrected chi connectivity index (χ1v) is 7.20. The Morgan fingerprint density at radius 3 is 3.09 bits per heavy atom. The van der Waals surface area contributed by atoms with Crippen molar-refractivity contribution in [1.29, 1.82) is 0 Å². The van der Waals surface area contributed by atoms with E-state index in [2.05, 4.69) is 20.0 Å². The maximum Gasteiger partial charge on any atom is 0.273 e. The Labute approximate surface area is 127 Å². The Bertz CT molecular complexity index is 762. The van der Waals surface area contributed by atoms with Gasteiger partial charge in [0.25, 0.3) is 5.91 Å². The average molecular weight is 299 g/mol. The van der Waals surface area contributed by atoms with Gasteiger partial charge in [-0.15, -0.1) is 0 Å². The van der Waals surface area contributed by atoms with Crippen molar-refractivity contribution in [1.82, 2.24) is 15.5 Å². The van der Waals surface area contributed by atoms with Crippen molar-refractivity contribution in [2.45, 2.75) is 13.3 Å². The Kier molecular flexibility index (Phi) is 4.09. The van der Waals surface area contributed by atoms with Crippen LogP contribution < -0.4 is 10.1 Å². The molecule has 0 aliphatic carbocycles. The molecule has 6 nitrogen and oxygen atoms in total. The molecule has 1 aromatic carbocycles. The quantitative estimate of drug-likeness (QED) is 0.733. The molecule has 114 valence electrons. The van der Waals surface area contributed by atoms with E-state index >= 15 is 0 Å². The first-order valence-electron chi connectivity index (χ1n) is 7.20. The van der Waals surface area contributed by atoms with E-state index in [0.717, 1.165) is 22.2 Å². The van der Waals surface area contributed by atoms with Crippen LogP contribution in [0.1, 0.15) is 23.0 Å². The van der Waals surface area contributed by atoms with Crippen LogP contribution in [0.15, 0.2) is 41.2 Å². The molecule has 2 N–H and O–H groups in total. The van der Waals surface area contributed by atoms with Crippen molar-refractivity contribution in [2.24, 2.45) is 0 Å². The van der Waals surface area contributed by atoms with E-state index in [-0.39, 0.29) is 11.6 Å². The van der Waals surface area contributed by atoms with Gasteiger partial charge in [0, 0.05) is 29.7 Å². The molecule has 6 heteroatoms. The van der Waals surface area contributed by atoms with Crippen LogP contribution in [0.5, 0.6) is 5.75 Å². The number of amides is 1. The zero-order valence-electron chi connectivity index (χ0n) is 12.3. The van der Waals surface area contributed by atoms with Gasteiger partial charge >= 0.3 is 0 Å². The number of rotatable bonds is 6. The van der Waals surface area contributed by atoms with E-state index in [9.17, 15) is 4.79 Å². The number of benzene rings is 1. The molecule has 0 aliphatic heterocycles. The predicted octanol–water partition coefficient (Wildman–Crippen LogP) is 2.53. The molecule has 0 saturated heterocycles. The van der Waals surface area contributed by atoms with Crippen LogP contribution in [0, 0.1) is 0 Å². The predicted molar refractivity (Wildman–Crippen MR) is 82.0 cm³/mol. The fourth-order valence-corrected chi connectivity index (χ4v) is 2.42. The molecular formula is C16H17N3O3. The SMILES string of the molecule is CCOc1cccc2[nH]cc(CCNC(=O)c3ccon3)c12. The summed E-state index contributed by atoms with van der Waals surface area (Å²) < 4.78 is 10.3. The van der Waals surface area contributed by atoms with Gasteiger partial charge in [0.15, 0.2) is 5.69 Å². The smallest absolute Gasteiger partial charge is 0.273 e. The van der Waals surface area contributed by atoms with Crippen molar-refractivity contribution in [3.8, 4) is 5.75 Å². The van der Waals surface area contributed by atoms with E-state index in [1.165, 1.54) is 12.3 Å².